The number of nitrogens with zero attached hydrogens (tertiary/aromatic N) is 2. The molecule has 19 heavy (non-hydrogen) atoms. The lowest BCUT2D eigenvalue weighted by molar-refractivity contribution is -0.384. The molecule has 7 nitrogen and oxygen atoms in total. The standard InChI is InChI=1S/C12H15N3O4/c1-7-4-10(15(18)19)12(13-6-7)14-9(5-11(16)17)8-2-3-8/h4,6,8-9H,2-3,5H2,1H3,(H,13,14)(H,16,17). The molecule has 1 atom stereocenters. The first-order chi connectivity index (χ1) is 8.97. The lowest BCUT2D eigenvalue weighted by Crippen LogP contribution is -2.26. The van der Waals surface area contributed by atoms with Gasteiger partial charge in [-0.05, 0) is 31.2 Å². The molecule has 0 bridgehead atoms. The molecule has 1 aromatic heterocycles. The molecule has 1 aliphatic rings. The fourth-order valence-corrected chi connectivity index (χ4v) is 2.00. The third-order valence-electron chi connectivity index (χ3n) is 3.11. The van der Waals surface area contributed by atoms with Gasteiger partial charge in [0.2, 0.25) is 5.82 Å². The largest absolute Gasteiger partial charge is 0.481 e. The van der Waals surface area contributed by atoms with Crippen LogP contribution in [0.15, 0.2) is 12.3 Å². The van der Waals surface area contributed by atoms with Gasteiger partial charge < -0.3 is 10.4 Å². The number of aryl methyl sites for hydroxylation is 1. The smallest absolute Gasteiger partial charge is 0.311 e. The number of hydrogen-bond acceptors (Lipinski definition) is 5. The Bertz CT molecular complexity index is 514. The van der Waals surface area contributed by atoms with Gasteiger partial charge in [0.25, 0.3) is 0 Å². The molecular weight excluding hydrogens is 250 g/mol. The van der Waals surface area contributed by atoms with Gasteiger partial charge in [-0.1, -0.05) is 0 Å². The van der Waals surface area contributed by atoms with Crippen LogP contribution in [0.3, 0.4) is 0 Å². The van der Waals surface area contributed by atoms with Gasteiger partial charge in [0.15, 0.2) is 0 Å². The van der Waals surface area contributed by atoms with E-state index in [2.05, 4.69) is 10.3 Å². The Morgan fingerprint density at radius 2 is 2.37 bits per heavy atom. The second-order valence-corrected chi connectivity index (χ2v) is 4.82. The Morgan fingerprint density at radius 1 is 1.68 bits per heavy atom. The van der Waals surface area contributed by atoms with E-state index in [-0.39, 0.29) is 29.9 Å². The number of nitrogens with one attached hydrogen (secondary N) is 1. The molecule has 7 heteroatoms. The van der Waals surface area contributed by atoms with Crippen molar-refractivity contribution >= 4 is 17.5 Å². The highest BCUT2D eigenvalue weighted by Crippen LogP contribution is 2.36. The van der Waals surface area contributed by atoms with Crippen LogP contribution < -0.4 is 5.32 Å². The number of aliphatic carboxylic acids is 1. The van der Waals surface area contributed by atoms with Gasteiger partial charge >= 0.3 is 11.7 Å². The monoisotopic (exact) mass is 265 g/mol. The van der Waals surface area contributed by atoms with E-state index in [4.69, 9.17) is 5.11 Å². The molecule has 1 saturated carbocycles. The fourth-order valence-electron chi connectivity index (χ4n) is 2.00. The van der Waals surface area contributed by atoms with Crippen molar-refractivity contribution in [1.82, 2.24) is 4.98 Å². The zero-order chi connectivity index (χ0) is 14.0. The van der Waals surface area contributed by atoms with E-state index in [0.29, 0.717) is 5.56 Å². The summed E-state index contributed by atoms with van der Waals surface area (Å²) in [5, 5.41) is 22.8. The predicted octanol–water partition coefficient (Wildman–Crippen LogP) is 1.96. The molecule has 1 aromatic rings. The summed E-state index contributed by atoms with van der Waals surface area (Å²) >= 11 is 0. The van der Waals surface area contributed by atoms with Crippen LogP contribution >= 0.6 is 0 Å². The highest BCUT2D eigenvalue weighted by Gasteiger charge is 2.34. The summed E-state index contributed by atoms with van der Waals surface area (Å²) in [5.41, 5.74) is 0.578. The van der Waals surface area contributed by atoms with Gasteiger partial charge in [-0.25, -0.2) is 4.98 Å². The normalized spacial score (nSPS) is 15.8. The minimum atomic E-state index is -0.917. The zero-order valence-corrected chi connectivity index (χ0v) is 10.5. The van der Waals surface area contributed by atoms with Gasteiger partial charge in [0.1, 0.15) is 0 Å². The van der Waals surface area contributed by atoms with Crippen molar-refractivity contribution in [2.45, 2.75) is 32.2 Å². The van der Waals surface area contributed by atoms with E-state index in [1.54, 1.807) is 6.92 Å². The second-order valence-electron chi connectivity index (χ2n) is 4.82. The number of anilines is 1. The lowest BCUT2D eigenvalue weighted by Gasteiger charge is -2.16. The number of aromatic nitrogens is 1. The van der Waals surface area contributed by atoms with Gasteiger partial charge in [0, 0.05) is 18.3 Å². The molecule has 2 N–H and O–H groups in total. The van der Waals surface area contributed by atoms with Crippen molar-refractivity contribution in [1.29, 1.82) is 0 Å². The van der Waals surface area contributed by atoms with Crippen LogP contribution in [-0.4, -0.2) is 27.0 Å². The average Bonchev–Trinajstić information content (AvgIpc) is 3.13. The molecule has 0 radical (unpaired) electrons. The van der Waals surface area contributed by atoms with Gasteiger partial charge in [0.05, 0.1) is 11.3 Å². The molecule has 1 unspecified atom stereocenters. The second kappa shape index (κ2) is 5.21. The topological polar surface area (TPSA) is 105 Å². The van der Waals surface area contributed by atoms with Crippen molar-refractivity contribution < 1.29 is 14.8 Å². The Hall–Kier alpha value is -2.18. The molecule has 0 amide bonds. The van der Waals surface area contributed by atoms with Crippen molar-refractivity contribution in [3.8, 4) is 0 Å². The van der Waals surface area contributed by atoms with Crippen molar-refractivity contribution in [2.75, 3.05) is 5.32 Å². The van der Waals surface area contributed by atoms with Crippen molar-refractivity contribution in [3.05, 3.63) is 27.9 Å². The van der Waals surface area contributed by atoms with E-state index in [0.717, 1.165) is 12.8 Å². The molecule has 1 heterocycles. The predicted molar refractivity (Wildman–Crippen MR) is 68.0 cm³/mol. The minimum Gasteiger partial charge on any atom is -0.481 e. The molecular formula is C12H15N3O4. The van der Waals surface area contributed by atoms with Crippen molar-refractivity contribution in [3.63, 3.8) is 0 Å². The van der Waals surface area contributed by atoms with E-state index in [9.17, 15) is 14.9 Å². The maximum atomic E-state index is 11.0. The number of hydrogen-bond donors (Lipinski definition) is 2. The van der Waals surface area contributed by atoms with Crippen LogP contribution in [0.4, 0.5) is 11.5 Å². The third kappa shape index (κ3) is 3.40. The average molecular weight is 265 g/mol. The highest BCUT2D eigenvalue weighted by molar-refractivity contribution is 5.69. The third-order valence-corrected chi connectivity index (χ3v) is 3.11. The van der Waals surface area contributed by atoms with Crippen LogP contribution in [0.25, 0.3) is 0 Å². The van der Waals surface area contributed by atoms with Gasteiger partial charge in [-0.2, -0.15) is 0 Å². The first-order valence-corrected chi connectivity index (χ1v) is 6.06. The van der Waals surface area contributed by atoms with Gasteiger partial charge in [-0.3, -0.25) is 14.9 Å². The maximum Gasteiger partial charge on any atom is 0.311 e. The first kappa shape index (κ1) is 13.3. The fraction of sp³-hybridized carbons (Fsp3) is 0.500. The first-order valence-electron chi connectivity index (χ1n) is 6.06. The summed E-state index contributed by atoms with van der Waals surface area (Å²) in [5.74, 6) is -0.508. The maximum absolute atomic E-state index is 11.0. The van der Waals surface area contributed by atoms with E-state index in [1.807, 2.05) is 0 Å². The van der Waals surface area contributed by atoms with Crippen LogP contribution in [-0.2, 0) is 4.79 Å². The summed E-state index contributed by atoms with van der Waals surface area (Å²) < 4.78 is 0. The molecule has 0 aromatic carbocycles. The summed E-state index contributed by atoms with van der Waals surface area (Å²) in [7, 11) is 0. The summed E-state index contributed by atoms with van der Waals surface area (Å²) in [4.78, 5) is 25.3. The molecule has 1 aliphatic carbocycles. The van der Waals surface area contributed by atoms with Crippen LogP contribution in [0.1, 0.15) is 24.8 Å². The molecule has 2 rings (SSSR count). The molecule has 102 valence electrons. The van der Waals surface area contributed by atoms with Crippen LogP contribution in [0, 0.1) is 23.0 Å². The molecule has 0 aliphatic heterocycles. The number of carboxylic acid groups (broad SMARTS) is 1. The quantitative estimate of drug-likeness (QED) is 0.601. The van der Waals surface area contributed by atoms with E-state index in [1.165, 1.54) is 12.3 Å². The lowest BCUT2D eigenvalue weighted by atomic mass is 10.1. The van der Waals surface area contributed by atoms with Crippen LogP contribution in [0.2, 0.25) is 0 Å². The van der Waals surface area contributed by atoms with Crippen LogP contribution in [0.5, 0.6) is 0 Å². The number of pyridine rings is 1. The molecule has 1 fully saturated rings. The zero-order valence-electron chi connectivity index (χ0n) is 10.5. The Labute approximate surface area is 109 Å². The molecule has 0 saturated heterocycles. The highest BCUT2D eigenvalue weighted by atomic mass is 16.6. The van der Waals surface area contributed by atoms with Gasteiger partial charge in [-0.15, -0.1) is 0 Å². The Kier molecular flexibility index (Phi) is 3.64. The van der Waals surface area contributed by atoms with E-state index >= 15 is 0 Å². The summed E-state index contributed by atoms with van der Waals surface area (Å²) in [6.45, 7) is 1.72. The number of carbonyl (C=O) groups is 1. The summed E-state index contributed by atoms with van der Waals surface area (Å²) in [6, 6.07) is 1.13. The Morgan fingerprint density at radius 3 is 2.89 bits per heavy atom. The number of carboxylic acids is 1. The van der Waals surface area contributed by atoms with E-state index < -0.39 is 10.9 Å². The SMILES string of the molecule is Cc1cnc(NC(CC(=O)O)C2CC2)c([N+](=O)[O-])c1. The number of rotatable bonds is 6. The molecule has 0 spiro atoms. The Balaban J connectivity index is 2.20. The minimum absolute atomic E-state index is 0.0582. The summed E-state index contributed by atoms with van der Waals surface area (Å²) in [6.07, 6.45) is 3.37. The number of nitro groups is 1. The van der Waals surface area contributed by atoms with Crippen molar-refractivity contribution in [2.24, 2.45) is 5.92 Å².